The van der Waals surface area contributed by atoms with Crippen LogP contribution in [0.2, 0.25) is 0 Å². The lowest BCUT2D eigenvalue weighted by Gasteiger charge is -2.28. The molecule has 0 spiro atoms. The maximum absolute atomic E-state index is 12.8. The van der Waals surface area contributed by atoms with Gasteiger partial charge < -0.3 is 15.0 Å². The summed E-state index contributed by atoms with van der Waals surface area (Å²) in [7, 11) is 0. The summed E-state index contributed by atoms with van der Waals surface area (Å²) in [4.78, 5) is 31.7. The molecule has 2 fully saturated rings. The molecule has 5 rings (SSSR count). The van der Waals surface area contributed by atoms with E-state index in [2.05, 4.69) is 22.3 Å². The summed E-state index contributed by atoms with van der Waals surface area (Å²) < 4.78 is 5.40. The molecule has 0 atom stereocenters. The molecule has 0 saturated carbocycles. The zero-order valence-corrected chi connectivity index (χ0v) is 18.7. The van der Waals surface area contributed by atoms with Crippen molar-refractivity contribution in [3.05, 3.63) is 52.0 Å². The predicted molar refractivity (Wildman–Crippen MR) is 125 cm³/mol. The average molecular weight is 454 g/mol. The lowest BCUT2D eigenvalue weighted by Crippen LogP contribution is -2.41. The second-order valence-corrected chi connectivity index (χ2v) is 9.57. The SMILES string of the molecule is O=C1CC(=S)N/C1=C/c1ccc(-c2ccc3c(c2)CN(CCN2CCOCC2)C3=O)s1. The van der Waals surface area contributed by atoms with Gasteiger partial charge in [0.15, 0.2) is 5.78 Å². The van der Waals surface area contributed by atoms with E-state index in [1.165, 1.54) is 0 Å². The number of ether oxygens (including phenoxy) is 1. The van der Waals surface area contributed by atoms with E-state index in [4.69, 9.17) is 17.0 Å². The molecule has 3 aliphatic heterocycles. The number of thiocarbonyl (C=S) groups is 1. The number of amides is 1. The van der Waals surface area contributed by atoms with Gasteiger partial charge in [-0.2, -0.15) is 0 Å². The number of hydrogen-bond donors (Lipinski definition) is 1. The maximum Gasteiger partial charge on any atom is 0.254 e. The van der Waals surface area contributed by atoms with Gasteiger partial charge in [-0.3, -0.25) is 14.5 Å². The van der Waals surface area contributed by atoms with Crippen molar-refractivity contribution in [2.75, 3.05) is 39.4 Å². The Morgan fingerprint density at radius 1 is 1.13 bits per heavy atom. The predicted octanol–water partition coefficient (Wildman–Crippen LogP) is 2.93. The Morgan fingerprint density at radius 3 is 2.74 bits per heavy atom. The first-order chi connectivity index (χ1) is 15.1. The van der Waals surface area contributed by atoms with Crippen LogP contribution in [0.3, 0.4) is 0 Å². The topological polar surface area (TPSA) is 61.9 Å². The molecule has 1 N–H and O–H groups in total. The fourth-order valence-electron chi connectivity index (χ4n) is 4.15. The number of ketones is 1. The third-order valence-corrected chi connectivity index (χ3v) is 7.20. The van der Waals surface area contributed by atoms with Crippen molar-refractivity contribution in [1.29, 1.82) is 0 Å². The minimum Gasteiger partial charge on any atom is -0.379 e. The lowest BCUT2D eigenvalue weighted by atomic mass is 10.1. The molecule has 0 bridgehead atoms. The molecule has 160 valence electrons. The summed E-state index contributed by atoms with van der Waals surface area (Å²) in [5.74, 6) is 0.154. The fourth-order valence-corrected chi connectivity index (χ4v) is 5.34. The first-order valence-corrected chi connectivity index (χ1v) is 11.7. The number of allylic oxidation sites excluding steroid dienone is 1. The number of nitrogens with one attached hydrogen (secondary N) is 1. The quantitative estimate of drug-likeness (QED) is 0.555. The maximum atomic E-state index is 12.8. The third kappa shape index (κ3) is 4.34. The third-order valence-electron chi connectivity index (χ3n) is 5.87. The molecule has 0 unspecified atom stereocenters. The molecule has 3 aliphatic rings. The van der Waals surface area contributed by atoms with Crippen LogP contribution in [-0.2, 0) is 16.1 Å². The normalized spacial score (nSPS) is 20.6. The molecule has 2 aromatic rings. The standard InChI is InChI=1S/C23H23N3O3S2/c27-20-13-22(30)24-19(20)12-17-2-4-21(31-17)15-1-3-18-16(11-15)14-26(23(18)28)6-5-25-7-9-29-10-8-25/h1-4,11-12H,5-10,13-14H2,(H,24,30)/b19-12+. The van der Waals surface area contributed by atoms with E-state index >= 15 is 0 Å². The second-order valence-electron chi connectivity index (χ2n) is 7.96. The Kier molecular flexibility index (Phi) is 5.71. The summed E-state index contributed by atoms with van der Waals surface area (Å²) in [6.45, 7) is 5.69. The molecular weight excluding hydrogens is 430 g/mol. The minimum atomic E-state index is 0.0353. The average Bonchev–Trinajstić information content (AvgIpc) is 3.45. The lowest BCUT2D eigenvalue weighted by molar-refractivity contribution is -0.114. The summed E-state index contributed by atoms with van der Waals surface area (Å²) in [6, 6.07) is 10.2. The fraction of sp³-hybridized carbons (Fsp3) is 0.348. The van der Waals surface area contributed by atoms with Gasteiger partial charge in [-0.1, -0.05) is 18.3 Å². The molecular formula is C23H23N3O3S2. The van der Waals surface area contributed by atoms with Gasteiger partial charge in [0.05, 0.1) is 30.3 Å². The highest BCUT2D eigenvalue weighted by Crippen LogP contribution is 2.33. The van der Waals surface area contributed by atoms with Crippen molar-refractivity contribution < 1.29 is 14.3 Å². The van der Waals surface area contributed by atoms with E-state index in [-0.39, 0.29) is 11.7 Å². The summed E-state index contributed by atoms with van der Waals surface area (Å²) in [5, 5.41) is 2.98. The molecule has 0 aliphatic carbocycles. The molecule has 1 aromatic heterocycles. The van der Waals surface area contributed by atoms with E-state index in [0.717, 1.165) is 65.8 Å². The van der Waals surface area contributed by atoms with Gasteiger partial charge in [0.25, 0.3) is 5.91 Å². The number of rotatable bonds is 5. The Morgan fingerprint density at radius 2 is 1.97 bits per heavy atom. The zero-order chi connectivity index (χ0) is 21.4. The van der Waals surface area contributed by atoms with Gasteiger partial charge in [0, 0.05) is 48.0 Å². The van der Waals surface area contributed by atoms with Crippen LogP contribution in [0.1, 0.15) is 27.2 Å². The molecule has 31 heavy (non-hydrogen) atoms. The van der Waals surface area contributed by atoms with E-state index in [1.54, 1.807) is 11.3 Å². The molecule has 0 radical (unpaired) electrons. The van der Waals surface area contributed by atoms with Crippen molar-refractivity contribution >= 4 is 46.3 Å². The Hall–Kier alpha value is -2.39. The van der Waals surface area contributed by atoms with Crippen LogP contribution in [0, 0.1) is 0 Å². The first kappa shape index (κ1) is 20.5. The Balaban J connectivity index is 1.28. The molecule has 8 heteroatoms. The van der Waals surface area contributed by atoms with Crippen LogP contribution in [-0.4, -0.2) is 65.9 Å². The number of hydrogen-bond acceptors (Lipinski definition) is 6. The van der Waals surface area contributed by atoms with Crippen molar-refractivity contribution in [1.82, 2.24) is 15.1 Å². The highest BCUT2D eigenvalue weighted by Gasteiger charge is 2.28. The van der Waals surface area contributed by atoms with Crippen molar-refractivity contribution in [3.8, 4) is 10.4 Å². The highest BCUT2D eigenvalue weighted by atomic mass is 32.1. The van der Waals surface area contributed by atoms with Crippen molar-refractivity contribution in [2.24, 2.45) is 0 Å². The van der Waals surface area contributed by atoms with Gasteiger partial charge in [-0.05, 0) is 41.5 Å². The number of fused-ring (bicyclic) bond motifs is 1. The number of morpholine rings is 1. The van der Waals surface area contributed by atoms with Crippen LogP contribution in [0.25, 0.3) is 16.5 Å². The minimum absolute atomic E-state index is 0.0353. The molecule has 4 heterocycles. The zero-order valence-electron chi connectivity index (χ0n) is 17.1. The summed E-state index contributed by atoms with van der Waals surface area (Å²) in [5.41, 5.74) is 3.54. The van der Waals surface area contributed by atoms with Gasteiger partial charge in [0.1, 0.15) is 0 Å². The number of carbonyl (C=O) groups is 2. The van der Waals surface area contributed by atoms with E-state index < -0.39 is 0 Å². The van der Waals surface area contributed by atoms with Crippen molar-refractivity contribution in [2.45, 2.75) is 13.0 Å². The van der Waals surface area contributed by atoms with E-state index in [1.807, 2.05) is 29.2 Å². The first-order valence-electron chi connectivity index (χ1n) is 10.4. The number of benzene rings is 1. The van der Waals surface area contributed by atoms with Crippen LogP contribution in [0.15, 0.2) is 36.0 Å². The number of nitrogens with zero attached hydrogens (tertiary/aromatic N) is 2. The highest BCUT2D eigenvalue weighted by molar-refractivity contribution is 7.80. The van der Waals surface area contributed by atoms with E-state index in [0.29, 0.717) is 23.7 Å². The van der Waals surface area contributed by atoms with Crippen molar-refractivity contribution in [3.63, 3.8) is 0 Å². The van der Waals surface area contributed by atoms with Crippen LogP contribution >= 0.6 is 23.6 Å². The summed E-state index contributed by atoms with van der Waals surface area (Å²) >= 11 is 6.71. The van der Waals surface area contributed by atoms with Crippen LogP contribution in [0.4, 0.5) is 0 Å². The van der Waals surface area contributed by atoms with Gasteiger partial charge in [-0.25, -0.2) is 0 Å². The molecule has 2 saturated heterocycles. The largest absolute Gasteiger partial charge is 0.379 e. The monoisotopic (exact) mass is 453 g/mol. The van der Waals surface area contributed by atoms with Crippen LogP contribution < -0.4 is 5.32 Å². The number of carbonyl (C=O) groups excluding carboxylic acids is 2. The van der Waals surface area contributed by atoms with Crippen LogP contribution in [0.5, 0.6) is 0 Å². The Labute approximate surface area is 190 Å². The van der Waals surface area contributed by atoms with Gasteiger partial charge in [-0.15, -0.1) is 11.3 Å². The molecule has 1 amide bonds. The molecule has 6 nitrogen and oxygen atoms in total. The number of thiophene rings is 1. The second kappa shape index (κ2) is 8.63. The smallest absolute Gasteiger partial charge is 0.254 e. The van der Waals surface area contributed by atoms with E-state index in [9.17, 15) is 9.59 Å². The van der Waals surface area contributed by atoms with Gasteiger partial charge in [0.2, 0.25) is 0 Å². The Bertz CT molecular complexity index is 1090. The summed E-state index contributed by atoms with van der Waals surface area (Å²) in [6.07, 6.45) is 2.15. The van der Waals surface area contributed by atoms with Gasteiger partial charge >= 0.3 is 0 Å². The number of Topliss-reactive ketones (excluding diaryl/α,β-unsaturated/α-hetero) is 1. The molecule has 1 aromatic carbocycles.